The summed E-state index contributed by atoms with van der Waals surface area (Å²) in [5.74, 6) is -1.42. The number of ketones is 1. The van der Waals surface area contributed by atoms with Gasteiger partial charge in [0, 0.05) is 13.8 Å². The van der Waals surface area contributed by atoms with Gasteiger partial charge in [0.05, 0.1) is 6.54 Å². The van der Waals surface area contributed by atoms with Crippen molar-refractivity contribution in [2.45, 2.75) is 26.9 Å². The molecule has 0 spiro atoms. The third-order valence-electron chi connectivity index (χ3n) is 1.58. The second kappa shape index (κ2) is 4.71. The molecular weight excluding hydrogens is 174 g/mol. The highest BCUT2D eigenvalue weighted by atomic mass is 16.3. The Labute approximate surface area is 76.3 Å². The van der Waals surface area contributed by atoms with Crippen LogP contribution in [0.25, 0.3) is 0 Å². The summed E-state index contributed by atoms with van der Waals surface area (Å²) in [7, 11) is 0. The predicted molar refractivity (Wildman–Crippen MR) is 44.8 cm³/mol. The highest BCUT2D eigenvalue weighted by Crippen LogP contribution is 1.95. The molecule has 74 valence electrons. The topological polar surface area (TPSA) is 74.7 Å². The Bertz CT molecular complexity index is 222. The molecular formula is C8H13NO4. The van der Waals surface area contributed by atoms with Crippen LogP contribution < -0.4 is 0 Å². The van der Waals surface area contributed by atoms with Crippen LogP contribution in [-0.2, 0) is 14.4 Å². The first kappa shape index (κ1) is 11.8. The van der Waals surface area contributed by atoms with Crippen molar-refractivity contribution in [3.63, 3.8) is 0 Å². The van der Waals surface area contributed by atoms with Crippen LogP contribution in [0, 0.1) is 0 Å². The number of aliphatic hydroxyl groups is 1. The number of Topliss-reactive ketones (excluding diaryl/α,β-unsaturated/α-hetero) is 1. The fraction of sp³-hybridized carbons (Fsp3) is 0.625. The van der Waals surface area contributed by atoms with E-state index >= 15 is 0 Å². The van der Waals surface area contributed by atoms with Gasteiger partial charge in [-0.3, -0.25) is 19.3 Å². The van der Waals surface area contributed by atoms with Crippen molar-refractivity contribution in [3.8, 4) is 0 Å². The number of carbonyl (C=O) groups is 3. The maximum Gasteiger partial charge on any atom is 0.226 e. The number of hydrogen-bond acceptors (Lipinski definition) is 4. The van der Waals surface area contributed by atoms with Gasteiger partial charge in [-0.05, 0) is 6.92 Å². The summed E-state index contributed by atoms with van der Waals surface area (Å²) >= 11 is 0. The third-order valence-corrected chi connectivity index (χ3v) is 1.58. The smallest absolute Gasteiger partial charge is 0.226 e. The van der Waals surface area contributed by atoms with E-state index in [1.54, 1.807) is 0 Å². The van der Waals surface area contributed by atoms with E-state index in [1.807, 2.05) is 0 Å². The van der Waals surface area contributed by atoms with Gasteiger partial charge in [-0.15, -0.1) is 0 Å². The molecule has 2 amide bonds. The standard InChI is InChI=1S/C8H13NO4/c1-5(10)8(13)4-9(6(2)11)7(3)12/h8,13H,4H2,1-3H3. The van der Waals surface area contributed by atoms with Gasteiger partial charge in [0.15, 0.2) is 5.78 Å². The highest BCUT2D eigenvalue weighted by Gasteiger charge is 2.20. The molecule has 0 bridgehead atoms. The summed E-state index contributed by atoms with van der Waals surface area (Å²) < 4.78 is 0. The molecule has 0 fully saturated rings. The van der Waals surface area contributed by atoms with E-state index in [9.17, 15) is 14.4 Å². The maximum absolute atomic E-state index is 10.8. The van der Waals surface area contributed by atoms with Gasteiger partial charge < -0.3 is 5.11 Å². The van der Waals surface area contributed by atoms with Crippen LogP contribution in [0.3, 0.4) is 0 Å². The number of nitrogens with zero attached hydrogens (tertiary/aromatic N) is 1. The normalized spacial score (nSPS) is 12.0. The van der Waals surface area contributed by atoms with E-state index in [-0.39, 0.29) is 6.54 Å². The monoisotopic (exact) mass is 187 g/mol. The van der Waals surface area contributed by atoms with Gasteiger partial charge in [-0.2, -0.15) is 0 Å². The molecule has 0 aliphatic rings. The molecule has 1 atom stereocenters. The van der Waals surface area contributed by atoms with Crippen LogP contribution in [0.2, 0.25) is 0 Å². The van der Waals surface area contributed by atoms with E-state index in [2.05, 4.69) is 0 Å². The first-order chi connectivity index (χ1) is 5.86. The first-order valence-corrected chi connectivity index (χ1v) is 3.83. The SMILES string of the molecule is CC(=O)C(O)CN(C(C)=O)C(C)=O. The van der Waals surface area contributed by atoms with Crippen LogP contribution in [0.1, 0.15) is 20.8 Å². The molecule has 0 rings (SSSR count). The van der Waals surface area contributed by atoms with Crippen LogP contribution in [0.4, 0.5) is 0 Å². The molecule has 13 heavy (non-hydrogen) atoms. The minimum Gasteiger partial charge on any atom is -0.383 e. The van der Waals surface area contributed by atoms with Crippen LogP contribution in [0.15, 0.2) is 0 Å². The van der Waals surface area contributed by atoms with Gasteiger partial charge in [0.1, 0.15) is 6.10 Å². The fourth-order valence-corrected chi connectivity index (χ4v) is 0.780. The maximum atomic E-state index is 10.8. The largest absolute Gasteiger partial charge is 0.383 e. The lowest BCUT2D eigenvalue weighted by atomic mass is 10.2. The van der Waals surface area contributed by atoms with E-state index in [1.165, 1.54) is 20.8 Å². The molecule has 0 aliphatic carbocycles. The molecule has 0 radical (unpaired) electrons. The average Bonchev–Trinajstić information content (AvgIpc) is 1.97. The van der Waals surface area contributed by atoms with E-state index < -0.39 is 23.7 Å². The Morgan fingerprint density at radius 2 is 1.54 bits per heavy atom. The summed E-state index contributed by atoms with van der Waals surface area (Å²) in [6, 6.07) is 0. The van der Waals surface area contributed by atoms with Crippen molar-refractivity contribution in [2.75, 3.05) is 6.54 Å². The van der Waals surface area contributed by atoms with Crippen molar-refractivity contribution >= 4 is 17.6 Å². The van der Waals surface area contributed by atoms with Gasteiger partial charge in [0.2, 0.25) is 11.8 Å². The zero-order chi connectivity index (χ0) is 10.6. The predicted octanol–water partition coefficient (Wildman–Crippen LogP) is -0.669. The molecule has 5 nitrogen and oxygen atoms in total. The average molecular weight is 187 g/mol. The molecule has 0 aromatic heterocycles. The Morgan fingerprint density at radius 1 is 1.15 bits per heavy atom. The van der Waals surface area contributed by atoms with Gasteiger partial charge in [-0.25, -0.2) is 0 Å². The van der Waals surface area contributed by atoms with Crippen molar-refractivity contribution in [3.05, 3.63) is 0 Å². The molecule has 0 aromatic rings. The zero-order valence-electron chi connectivity index (χ0n) is 7.90. The Kier molecular flexibility index (Phi) is 4.27. The van der Waals surface area contributed by atoms with E-state index in [0.29, 0.717) is 0 Å². The molecule has 0 saturated carbocycles. The van der Waals surface area contributed by atoms with Crippen molar-refractivity contribution in [1.29, 1.82) is 0 Å². The van der Waals surface area contributed by atoms with Crippen molar-refractivity contribution in [2.24, 2.45) is 0 Å². The third kappa shape index (κ3) is 3.80. The Balaban J connectivity index is 4.35. The fourth-order valence-electron chi connectivity index (χ4n) is 0.780. The summed E-state index contributed by atoms with van der Waals surface area (Å²) in [5, 5.41) is 9.10. The van der Waals surface area contributed by atoms with E-state index in [0.717, 1.165) is 4.90 Å². The van der Waals surface area contributed by atoms with Gasteiger partial charge in [0.25, 0.3) is 0 Å². The van der Waals surface area contributed by atoms with Crippen LogP contribution in [0.5, 0.6) is 0 Å². The van der Waals surface area contributed by atoms with Gasteiger partial charge >= 0.3 is 0 Å². The highest BCUT2D eigenvalue weighted by molar-refractivity contribution is 5.93. The molecule has 1 unspecified atom stereocenters. The lowest BCUT2D eigenvalue weighted by Crippen LogP contribution is -2.41. The molecule has 1 N–H and O–H groups in total. The number of amides is 2. The summed E-state index contributed by atoms with van der Waals surface area (Å²) in [6.07, 6.45) is -1.28. The van der Waals surface area contributed by atoms with Crippen LogP contribution in [-0.4, -0.2) is 40.3 Å². The van der Waals surface area contributed by atoms with Crippen molar-refractivity contribution in [1.82, 2.24) is 4.90 Å². The Hall–Kier alpha value is -1.23. The lowest BCUT2D eigenvalue weighted by Gasteiger charge is -2.19. The molecule has 0 saturated heterocycles. The second-order valence-electron chi connectivity index (χ2n) is 2.78. The minimum atomic E-state index is -1.28. The summed E-state index contributed by atoms with van der Waals surface area (Å²) in [6.45, 7) is 3.34. The van der Waals surface area contributed by atoms with Crippen LogP contribution >= 0.6 is 0 Å². The first-order valence-electron chi connectivity index (χ1n) is 3.83. The summed E-state index contributed by atoms with van der Waals surface area (Å²) in [5.41, 5.74) is 0. The number of imide groups is 1. The molecule has 0 heterocycles. The number of hydrogen-bond donors (Lipinski definition) is 1. The molecule has 0 aliphatic heterocycles. The zero-order valence-corrected chi connectivity index (χ0v) is 7.90. The number of aliphatic hydroxyl groups excluding tert-OH is 1. The number of rotatable bonds is 3. The number of carbonyl (C=O) groups excluding carboxylic acids is 3. The second-order valence-corrected chi connectivity index (χ2v) is 2.78. The van der Waals surface area contributed by atoms with Gasteiger partial charge in [-0.1, -0.05) is 0 Å². The molecule has 5 heteroatoms. The Morgan fingerprint density at radius 3 is 1.77 bits per heavy atom. The minimum absolute atomic E-state index is 0.264. The van der Waals surface area contributed by atoms with E-state index in [4.69, 9.17) is 5.11 Å². The van der Waals surface area contributed by atoms with Crippen molar-refractivity contribution < 1.29 is 19.5 Å². The lowest BCUT2D eigenvalue weighted by molar-refractivity contribution is -0.144. The summed E-state index contributed by atoms with van der Waals surface area (Å²) in [4.78, 5) is 33.1. The molecule has 0 aromatic carbocycles. The quantitative estimate of drug-likeness (QED) is 0.636.